The van der Waals surface area contributed by atoms with E-state index < -0.39 is 5.91 Å². The fourth-order valence-electron chi connectivity index (χ4n) is 1.54. The van der Waals surface area contributed by atoms with Crippen molar-refractivity contribution >= 4 is 33.4 Å². The maximum Gasteiger partial charge on any atom is 0.258 e. The second-order valence-corrected chi connectivity index (χ2v) is 5.22. The lowest BCUT2D eigenvalue weighted by Crippen LogP contribution is -2.35. The maximum atomic E-state index is 11.7. The molecule has 116 valence electrons. The number of nitrogens with zero attached hydrogens (tertiary/aromatic N) is 1. The van der Waals surface area contributed by atoms with E-state index in [1.54, 1.807) is 25.1 Å². The smallest absolute Gasteiger partial charge is 0.258 e. The summed E-state index contributed by atoms with van der Waals surface area (Å²) in [6.45, 7) is 1.32. The number of carbonyl (C=O) groups excluding carboxylic acids is 2. The lowest BCUT2D eigenvalue weighted by atomic mass is 10.3. The van der Waals surface area contributed by atoms with Gasteiger partial charge in [0.05, 0.1) is 12.2 Å². The first-order chi connectivity index (χ1) is 10.5. The predicted molar refractivity (Wildman–Crippen MR) is 82.5 cm³/mol. The van der Waals surface area contributed by atoms with Crippen molar-refractivity contribution in [1.29, 1.82) is 0 Å². The van der Waals surface area contributed by atoms with Crippen molar-refractivity contribution in [3.05, 3.63) is 40.6 Å². The van der Waals surface area contributed by atoms with Crippen LogP contribution < -0.4 is 15.4 Å². The molecule has 8 heteroatoms. The topological polar surface area (TPSA) is 93.5 Å². The third kappa shape index (κ3) is 4.88. The quantitative estimate of drug-likeness (QED) is 0.812. The van der Waals surface area contributed by atoms with E-state index in [4.69, 9.17) is 9.26 Å². The van der Waals surface area contributed by atoms with Crippen molar-refractivity contribution in [2.45, 2.75) is 6.92 Å². The van der Waals surface area contributed by atoms with Gasteiger partial charge >= 0.3 is 0 Å². The molecule has 0 saturated heterocycles. The number of hydrogen-bond acceptors (Lipinski definition) is 5. The number of carbonyl (C=O) groups is 2. The van der Waals surface area contributed by atoms with Gasteiger partial charge in [-0.3, -0.25) is 9.59 Å². The van der Waals surface area contributed by atoms with Crippen LogP contribution in [-0.4, -0.2) is 30.1 Å². The minimum Gasteiger partial charge on any atom is -0.465 e. The van der Waals surface area contributed by atoms with Gasteiger partial charge in [-0.1, -0.05) is 12.1 Å². The van der Waals surface area contributed by atoms with Crippen molar-refractivity contribution in [3.8, 4) is 5.88 Å². The molecular weight excluding hydrogens is 354 g/mol. The Morgan fingerprint density at radius 1 is 1.32 bits per heavy atom. The van der Waals surface area contributed by atoms with Crippen LogP contribution in [0.15, 0.2) is 39.3 Å². The molecule has 22 heavy (non-hydrogen) atoms. The van der Waals surface area contributed by atoms with E-state index >= 15 is 0 Å². The second-order valence-electron chi connectivity index (χ2n) is 4.37. The summed E-state index contributed by atoms with van der Waals surface area (Å²) in [5, 5.41) is 8.71. The first-order valence-corrected chi connectivity index (χ1v) is 7.21. The van der Waals surface area contributed by atoms with E-state index in [1.807, 2.05) is 12.1 Å². The third-order valence-electron chi connectivity index (χ3n) is 2.55. The summed E-state index contributed by atoms with van der Waals surface area (Å²) in [7, 11) is 0. The minimum atomic E-state index is -0.428. The van der Waals surface area contributed by atoms with Gasteiger partial charge in [-0.05, 0) is 40.1 Å². The first kappa shape index (κ1) is 16.0. The number of rotatable bonds is 6. The van der Waals surface area contributed by atoms with Gasteiger partial charge in [-0.2, -0.15) is 0 Å². The molecule has 2 N–H and O–H groups in total. The number of aromatic nitrogens is 1. The summed E-state index contributed by atoms with van der Waals surface area (Å²) in [5.41, 5.74) is 0.635. The van der Waals surface area contributed by atoms with Crippen molar-refractivity contribution in [2.75, 3.05) is 18.5 Å². The molecule has 1 aromatic carbocycles. The average molecular weight is 368 g/mol. The van der Waals surface area contributed by atoms with Gasteiger partial charge in [0.25, 0.3) is 11.8 Å². The highest BCUT2D eigenvalue weighted by Gasteiger charge is 2.09. The second kappa shape index (κ2) is 7.60. The van der Waals surface area contributed by atoms with Gasteiger partial charge < -0.3 is 19.9 Å². The standard InChI is InChI=1S/C14H14BrN3O4/c1-9-6-14(18-22-9)21-8-13(20)16-7-12(19)17-11-5-3-2-4-10(11)15/h2-6H,7-8H2,1H3,(H,16,20)(H,17,19). The van der Waals surface area contributed by atoms with Gasteiger partial charge in [-0.15, -0.1) is 0 Å². The molecule has 0 aliphatic rings. The molecule has 2 rings (SSSR count). The highest BCUT2D eigenvalue weighted by atomic mass is 79.9. The number of benzene rings is 1. The van der Waals surface area contributed by atoms with E-state index in [2.05, 4.69) is 31.7 Å². The zero-order valence-electron chi connectivity index (χ0n) is 11.8. The Labute approximate surface area is 135 Å². The third-order valence-corrected chi connectivity index (χ3v) is 3.24. The van der Waals surface area contributed by atoms with Crippen molar-refractivity contribution in [3.63, 3.8) is 0 Å². The molecule has 0 aliphatic carbocycles. The molecule has 0 atom stereocenters. The summed E-state index contributed by atoms with van der Waals surface area (Å²) in [5.74, 6) is 0.0500. The Kier molecular flexibility index (Phi) is 5.54. The Balaban J connectivity index is 1.71. The number of anilines is 1. The Morgan fingerprint density at radius 3 is 2.77 bits per heavy atom. The highest BCUT2D eigenvalue weighted by molar-refractivity contribution is 9.10. The highest BCUT2D eigenvalue weighted by Crippen LogP contribution is 2.20. The lowest BCUT2D eigenvalue weighted by molar-refractivity contribution is -0.125. The molecule has 0 bridgehead atoms. The van der Waals surface area contributed by atoms with Crippen LogP contribution in [0.5, 0.6) is 5.88 Å². The molecule has 0 aliphatic heterocycles. The van der Waals surface area contributed by atoms with Crippen LogP contribution in [-0.2, 0) is 9.59 Å². The van der Waals surface area contributed by atoms with E-state index in [-0.39, 0.29) is 24.9 Å². The first-order valence-electron chi connectivity index (χ1n) is 6.42. The number of aryl methyl sites for hydroxylation is 1. The maximum absolute atomic E-state index is 11.7. The average Bonchev–Trinajstić information content (AvgIpc) is 2.91. The van der Waals surface area contributed by atoms with Crippen LogP contribution in [0.4, 0.5) is 5.69 Å². The Morgan fingerprint density at radius 2 is 2.09 bits per heavy atom. The SMILES string of the molecule is Cc1cc(OCC(=O)NCC(=O)Nc2ccccc2Br)no1. The number of nitrogens with one attached hydrogen (secondary N) is 2. The molecular formula is C14H14BrN3O4. The summed E-state index contributed by atoms with van der Waals surface area (Å²) < 4.78 is 10.7. The summed E-state index contributed by atoms with van der Waals surface area (Å²) in [6, 6.07) is 8.76. The number of ether oxygens (including phenoxy) is 1. The van der Waals surface area contributed by atoms with Crippen molar-refractivity contribution in [1.82, 2.24) is 10.5 Å². The van der Waals surface area contributed by atoms with Crippen LogP contribution in [0.2, 0.25) is 0 Å². The molecule has 0 radical (unpaired) electrons. The number of hydrogen-bond donors (Lipinski definition) is 2. The van der Waals surface area contributed by atoms with Crippen LogP contribution >= 0.6 is 15.9 Å². The Bertz CT molecular complexity index is 672. The monoisotopic (exact) mass is 367 g/mol. The van der Waals surface area contributed by atoms with Gasteiger partial charge in [0, 0.05) is 10.5 Å². The van der Waals surface area contributed by atoms with Crippen LogP contribution in [0.25, 0.3) is 0 Å². The van der Waals surface area contributed by atoms with E-state index in [0.717, 1.165) is 4.47 Å². The lowest BCUT2D eigenvalue weighted by Gasteiger charge is -2.08. The van der Waals surface area contributed by atoms with E-state index in [0.29, 0.717) is 11.4 Å². The molecule has 1 heterocycles. The van der Waals surface area contributed by atoms with Gasteiger partial charge in [0.2, 0.25) is 5.91 Å². The molecule has 7 nitrogen and oxygen atoms in total. The molecule has 0 fully saturated rings. The molecule has 2 amide bonds. The predicted octanol–water partition coefficient (Wildman–Crippen LogP) is 1.88. The fraction of sp³-hybridized carbons (Fsp3) is 0.214. The molecule has 2 aromatic rings. The van der Waals surface area contributed by atoms with Gasteiger partial charge in [-0.25, -0.2) is 0 Å². The van der Waals surface area contributed by atoms with Gasteiger partial charge in [0.15, 0.2) is 6.61 Å². The van der Waals surface area contributed by atoms with E-state index in [1.165, 1.54) is 0 Å². The molecule has 0 spiro atoms. The molecule has 1 aromatic heterocycles. The van der Waals surface area contributed by atoms with Crippen LogP contribution in [0.1, 0.15) is 5.76 Å². The Hall–Kier alpha value is -2.35. The largest absolute Gasteiger partial charge is 0.465 e. The van der Waals surface area contributed by atoms with Crippen LogP contribution in [0, 0.1) is 6.92 Å². The number of amides is 2. The normalized spacial score (nSPS) is 10.1. The zero-order valence-corrected chi connectivity index (χ0v) is 13.3. The molecule has 0 unspecified atom stereocenters. The van der Waals surface area contributed by atoms with Crippen molar-refractivity contribution < 1.29 is 18.8 Å². The van der Waals surface area contributed by atoms with Crippen molar-refractivity contribution in [2.24, 2.45) is 0 Å². The molecule has 0 saturated carbocycles. The fourth-order valence-corrected chi connectivity index (χ4v) is 1.92. The summed E-state index contributed by atoms with van der Waals surface area (Å²) >= 11 is 3.32. The number of para-hydroxylation sites is 1. The summed E-state index contributed by atoms with van der Waals surface area (Å²) in [4.78, 5) is 23.3. The number of halogens is 1. The van der Waals surface area contributed by atoms with Gasteiger partial charge in [0.1, 0.15) is 5.76 Å². The zero-order chi connectivity index (χ0) is 15.9. The summed E-state index contributed by atoms with van der Waals surface area (Å²) in [6.07, 6.45) is 0. The minimum absolute atomic E-state index is 0.151. The van der Waals surface area contributed by atoms with Crippen LogP contribution in [0.3, 0.4) is 0 Å². The van der Waals surface area contributed by atoms with E-state index in [9.17, 15) is 9.59 Å².